The summed E-state index contributed by atoms with van der Waals surface area (Å²) in [6, 6.07) is 9.54. The second-order valence-corrected chi connectivity index (χ2v) is 7.77. The zero-order chi connectivity index (χ0) is 21.8. The lowest BCUT2D eigenvalue weighted by Gasteiger charge is -2.35. The molecule has 4 heterocycles. The first-order chi connectivity index (χ1) is 15.0. The number of rotatable bonds is 5. The first-order valence-electron chi connectivity index (χ1n) is 10.5. The Morgan fingerprint density at radius 1 is 1.13 bits per heavy atom. The number of likely N-dealkylation sites (tertiary alicyclic amines) is 1. The molecule has 1 fully saturated rings. The Bertz CT molecular complexity index is 1100. The van der Waals surface area contributed by atoms with Crippen LogP contribution in [0.2, 0.25) is 0 Å². The van der Waals surface area contributed by atoms with Gasteiger partial charge in [0.1, 0.15) is 17.5 Å². The third-order valence-electron chi connectivity index (χ3n) is 5.39. The summed E-state index contributed by atoms with van der Waals surface area (Å²) in [6.07, 6.45) is 8.08. The highest BCUT2D eigenvalue weighted by atomic mass is 16.2. The van der Waals surface area contributed by atoms with Crippen LogP contribution >= 0.6 is 0 Å². The zero-order valence-corrected chi connectivity index (χ0v) is 18.1. The molecule has 0 spiro atoms. The van der Waals surface area contributed by atoms with E-state index in [-0.39, 0.29) is 11.9 Å². The van der Waals surface area contributed by atoms with Gasteiger partial charge in [-0.15, -0.1) is 0 Å². The first-order valence-corrected chi connectivity index (χ1v) is 10.5. The smallest absolute Gasteiger partial charge is 0.247 e. The number of carbonyl (C=O) groups is 1. The molecule has 0 aromatic carbocycles. The summed E-state index contributed by atoms with van der Waals surface area (Å²) >= 11 is 0. The Hall–Kier alpha value is -3.55. The number of aryl methyl sites for hydroxylation is 3. The van der Waals surface area contributed by atoms with E-state index < -0.39 is 0 Å². The molecule has 4 rings (SSSR count). The molecule has 1 atom stereocenters. The van der Waals surface area contributed by atoms with Crippen molar-refractivity contribution in [3.8, 4) is 0 Å². The van der Waals surface area contributed by atoms with E-state index >= 15 is 0 Å². The van der Waals surface area contributed by atoms with Gasteiger partial charge < -0.3 is 10.2 Å². The van der Waals surface area contributed by atoms with Crippen molar-refractivity contribution >= 4 is 23.6 Å². The number of amides is 1. The molecule has 0 aliphatic carbocycles. The number of hydrogen-bond acceptors (Lipinski definition) is 6. The van der Waals surface area contributed by atoms with E-state index in [0.717, 1.165) is 42.2 Å². The summed E-state index contributed by atoms with van der Waals surface area (Å²) in [7, 11) is 1.86. The lowest BCUT2D eigenvalue weighted by Crippen LogP contribution is -2.38. The highest BCUT2D eigenvalue weighted by Gasteiger charge is 2.28. The second-order valence-electron chi connectivity index (χ2n) is 7.77. The molecular weight excluding hydrogens is 390 g/mol. The molecule has 3 aromatic heterocycles. The zero-order valence-electron chi connectivity index (χ0n) is 18.1. The quantitative estimate of drug-likeness (QED) is 0.636. The van der Waals surface area contributed by atoms with Gasteiger partial charge in [-0.25, -0.2) is 15.0 Å². The van der Waals surface area contributed by atoms with Crippen LogP contribution in [0.25, 0.3) is 6.08 Å². The third kappa shape index (κ3) is 4.96. The maximum atomic E-state index is 13.0. The maximum absolute atomic E-state index is 13.0. The van der Waals surface area contributed by atoms with E-state index in [1.54, 1.807) is 17.0 Å². The minimum absolute atomic E-state index is 0.0166. The van der Waals surface area contributed by atoms with Crippen molar-refractivity contribution in [3.63, 3.8) is 0 Å². The Morgan fingerprint density at radius 3 is 2.77 bits per heavy atom. The Kier molecular flexibility index (Phi) is 6.06. The molecule has 8 heteroatoms. The van der Waals surface area contributed by atoms with Crippen LogP contribution in [0.4, 0.5) is 11.6 Å². The molecule has 1 amide bonds. The maximum Gasteiger partial charge on any atom is 0.247 e. The minimum Gasteiger partial charge on any atom is -0.331 e. The summed E-state index contributed by atoms with van der Waals surface area (Å²) in [4.78, 5) is 28.6. The lowest BCUT2D eigenvalue weighted by molar-refractivity contribution is -0.129. The first kappa shape index (κ1) is 20.7. The summed E-state index contributed by atoms with van der Waals surface area (Å²) in [5.41, 5.74) is 2.67. The van der Waals surface area contributed by atoms with Crippen molar-refractivity contribution in [2.24, 2.45) is 7.05 Å². The fourth-order valence-corrected chi connectivity index (χ4v) is 3.87. The number of anilines is 2. The van der Waals surface area contributed by atoms with Crippen LogP contribution in [0.15, 0.2) is 42.6 Å². The molecule has 1 aliphatic rings. The highest BCUT2D eigenvalue weighted by Crippen LogP contribution is 2.31. The number of nitrogens with zero attached hydrogens (tertiary/aromatic N) is 6. The molecule has 0 saturated carbocycles. The van der Waals surface area contributed by atoms with Crippen LogP contribution in [-0.2, 0) is 11.8 Å². The van der Waals surface area contributed by atoms with E-state index in [1.807, 2.05) is 62.2 Å². The van der Waals surface area contributed by atoms with Gasteiger partial charge in [0.05, 0.1) is 17.4 Å². The van der Waals surface area contributed by atoms with Gasteiger partial charge in [0.15, 0.2) is 0 Å². The number of hydrogen-bond donors (Lipinski definition) is 1. The van der Waals surface area contributed by atoms with E-state index in [0.29, 0.717) is 18.2 Å². The van der Waals surface area contributed by atoms with Crippen LogP contribution in [0.1, 0.15) is 48.2 Å². The topological polar surface area (TPSA) is 88.8 Å². The molecule has 160 valence electrons. The standard InChI is InChI=1S/C23H27N7O/c1-16-7-6-9-21(25-16)28-22-15-19(26-17(2)27-22)20-8-4-5-14-30(20)23(31)11-10-18-12-13-24-29(18)3/h6-7,9-13,15,20H,4-5,8,14H2,1-3H3,(H,25,26,27,28)/b11-10+. The highest BCUT2D eigenvalue weighted by molar-refractivity contribution is 5.92. The summed E-state index contributed by atoms with van der Waals surface area (Å²) in [5.74, 6) is 2.07. The number of piperidine rings is 1. The van der Waals surface area contributed by atoms with Gasteiger partial charge in [-0.1, -0.05) is 6.07 Å². The number of nitrogens with one attached hydrogen (secondary N) is 1. The minimum atomic E-state index is -0.0786. The Labute approximate surface area is 182 Å². The molecule has 1 saturated heterocycles. The number of aromatic nitrogens is 5. The molecule has 8 nitrogen and oxygen atoms in total. The van der Waals surface area contributed by atoms with Gasteiger partial charge in [-0.3, -0.25) is 9.48 Å². The molecule has 3 aromatic rings. The monoisotopic (exact) mass is 417 g/mol. The third-order valence-corrected chi connectivity index (χ3v) is 5.39. The number of pyridine rings is 1. The Balaban J connectivity index is 1.57. The summed E-state index contributed by atoms with van der Waals surface area (Å²) in [6.45, 7) is 4.53. The van der Waals surface area contributed by atoms with Gasteiger partial charge in [-0.05, 0) is 57.4 Å². The second kappa shape index (κ2) is 9.07. The predicted octanol–water partition coefficient (Wildman–Crippen LogP) is 3.73. The van der Waals surface area contributed by atoms with Crippen LogP contribution in [0.3, 0.4) is 0 Å². The van der Waals surface area contributed by atoms with Crippen LogP contribution < -0.4 is 5.32 Å². The van der Waals surface area contributed by atoms with Gasteiger partial charge in [-0.2, -0.15) is 5.10 Å². The van der Waals surface area contributed by atoms with Crippen molar-refractivity contribution in [1.82, 2.24) is 29.6 Å². The molecule has 1 unspecified atom stereocenters. The van der Waals surface area contributed by atoms with Gasteiger partial charge in [0.25, 0.3) is 0 Å². The van der Waals surface area contributed by atoms with E-state index in [1.165, 1.54) is 0 Å². The van der Waals surface area contributed by atoms with E-state index in [4.69, 9.17) is 0 Å². The van der Waals surface area contributed by atoms with Crippen LogP contribution in [-0.4, -0.2) is 42.1 Å². The average Bonchev–Trinajstić information content (AvgIpc) is 3.16. The predicted molar refractivity (Wildman–Crippen MR) is 120 cm³/mol. The molecule has 1 N–H and O–H groups in total. The molecule has 1 aliphatic heterocycles. The molecular formula is C23H27N7O. The summed E-state index contributed by atoms with van der Waals surface area (Å²) < 4.78 is 1.74. The normalized spacial score (nSPS) is 16.6. The average molecular weight is 418 g/mol. The molecule has 0 radical (unpaired) electrons. The largest absolute Gasteiger partial charge is 0.331 e. The van der Waals surface area contributed by atoms with Crippen molar-refractivity contribution in [1.29, 1.82) is 0 Å². The van der Waals surface area contributed by atoms with Crippen molar-refractivity contribution < 1.29 is 4.79 Å². The van der Waals surface area contributed by atoms with Gasteiger partial charge in [0.2, 0.25) is 5.91 Å². The SMILES string of the molecule is Cc1cccc(Nc2cc(C3CCCCN3C(=O)/C=C/c3ccnn3C)nc(C)n2)n1. The fraction of sp³-hybridized carbons (Fsp3) is 0.348. The number of carbonyl (C=O) groups excluding carboxylic acids is 1. The van der Waals surface area contributed by atoms with E-state index in [9.17, 15) is 4.79 Å². The summed E-state index contributed by atoms with van der Waals surface area (Å²) in [5, 5.41) is 7.41. The van der Waals surface area contributed by atoms with Crippen LogP contribution in [0.5, 0.6) is 0 Å². The molecule has 31 heavy (non-hydrogen) atoms. The fourth-order valence-electron chi connectivity index (χ4n) is 3.87. The van der Waals surface area contributed by atoms with Gasteiger partial charge >= 0.3 is 0 Å². The van der Waals surface area contributed by atoms with Crippen molar-refractivity contribution in [2.75, 3.05) is 11.9 Å². The molecule has 0 bridgehead atoms. The Morgan fingerprint density at radius 2 is 2.00 bits per heavy atom. The lowest BCUT2D eigenvalue weighted by atomic mass is 9.98. The van der Waals surface area contributed by atoms with Crippen molar-refractivity contribution in [2.45, 2.75) is 39.2 Å². The van der Waals surface area contributed by atoms with Crippen molar-refractivity contribution in [3.05, 3.63) is 65.5 Å². The van der Waals surface area contributed by atoms with E-state index in [2.05, 4.69) is 25.4 Å². The van der Waals surface area contributed by atoms with Gasteiger partial charge in [0, 0.05) is 37.6 Å². The van der Waals surface area contributed by atoms with Crippen LogP contribution in [0, 0.1) is 13.8 Å².